The third kappa shape index (κ3) is 2.47. The van der Waals surface area contributed by atoms with Crippen molar-refractivity contribution in [2.24, 2.45) is 5.73 Å². The van der Waals surface area contributed by atoms with Crippen LogP contribution in [0.1, 0.15) is 11.7 Å². The minimum absolute atomic E-state index is 0.0176. The Morgan fingerprint density at radius 2 is 1.71 bits per heavy atom. The number of rotatable bonds is 3. The van der Waals surface area contributed by atoms with E-state index in [-0.39, 0.29) is 5.56 Å². The summed E-state index contributed by atoms with van der Waals surface area (Å²) in [5.41, 5.74) is 5.32. The van der Waals surface area contributed by atoms with Crippen LogP contribution in [0.4, 0.5) is 8.78 Å². The maximum absolute atomic E-state index is 12.7. The molecule has 0 spiro atoms. The highest BCUT2D eigenvalue weighted by Crippen LogP contribution is 2.18. The average Bonchev–Trinajstić information content (AvgIpc) is 2.14. The van der Waals surface area contributed by atoms with E-state index in [1.807, 2.05) is 0 Å². The van der Waals surface area contributed by atoms with Gasteiger partial charge in [0.05, 0.1) is 18.8 Å². The normalized spacial score (nSPS) is 15.2. The molecule has 0 aliphatic carbocycles. The smallest absolute Gasteiger partial charge is 0.126 e. The monoisotopic (exact) mass is 203 g/mol. The van der Waals surface area contributed by atoms with Crippen LogP contribution in [0.2, 0.25) is 0 Å². The molecule has 2 unspecified atom stereocenters. The fourth-order valence-electron chi connectivity index (χ4n) is 1.09. The van der Waals surface area contributed by atoms with E-state index in [4.69, 9.17) is 10.8 Å². The molecule has 3 nitrogen and oxygen atoms in total. The molecule has 1 rings (SSSR count). The van der Waals surface area contributed by atoms with Crippen LogP contribution in [0.5, 0.6) is 0 Å². The van der Waals surface area contributed by atoms with Crippen molar-refractivity contribution in [1.82, 2.24) is 0 Å². The third-order valence-corrected chi connectivity index (χ3v) is 1.84. The van der Waals surface area contributed by atoms with Crippen molar-refractivity contribution in [3.05, 3.63) is 35.4 Å². The predicted molar refractivity (Wildman–Crippen MR) is 46.4 cm³/mol. The molecule has 0 aliphatic heterocycles. The van der Waals surface area contributed by atoms with E-state index in [1.54, 1.807) is 0 Å². The first-order chi connectivity index (χ1) is 6.54. The lowest BCUT2D eigenvalue weighted by molar-refractivity contribution is 0.109. The third-order valence-electron chi connectivity index (χ3n) is 1.84. The maximum atomic E-state index is 12.7. The highest BCUT2D eigenvalue weighted by atomic mass is 19.1. The molecule has 0 aromatic heterocycles. The van der Waals surface area contributed by atoms with Crippen LogP contribution in [0.3, 0.4) is 0 Å². The van der Waals surface area contributed by atoms with E-state index >= 15 is 0 Å². The van der Waals surface area contributed by atoms with Gasteiger partial charge in [0.25, 0.3) is 0 Å². The molecule has 1 aromatic rings. The van der Waals surface area contributed by atoms with Crippen molar-refractivity contribution in [3.8, 4) is 0 Å². The molecule has 0 saturated carbocycles. The van der Waals surface area contributed by atoms with Crippen molar-refractivity contribution >= 4 is 0 Å². The Morgan fingerprint density at radius 1 is 1.21 bits per heavy atom. The second kappa shape index (κ2) is 4.45. The molecule has 0 aliphatic rings. The van der Waals surface area contributed by atoms with E-state index < -0.39 is 30.4 Å². The Balaban J connectivity index is 2.94. The van der Waals surface area contributed by atoms with Gasteiger partial charge in [-0.2, -0.15) is 0 Å². The Hall–Kier alpha value is -1.04. The summed E-state index contributed by atoms with van der Waals surface area (Å²) in [6.45, 7) is -0.459. The zero-order valence-corrected chi connectivity index (χ0v) is 7.32. The van der Waals surface area contributed by atoms with E-state index in [1.165, 1.54) is 0 Å². The van der Waals surface area contributed by atoms with E-state index in [9.17, 15) is 13.9 Å². The quantitative estimate of drug-likeness (QED) is 0.662. The summed E-state index contributed by atoms with van der Waals surface area (Å²) in [5.74, 6) is -1.58. The highest BCUT2D eigenvalue weighted by molar-refractivity contribution is 5.21. The summed E-state index contributed by atoms with van der Waals surface area (Å²) < 4.78 is 25.4. The molecule has 0 amide bonds. The Kier molecular flexibility index (Phi) is 3.51. The second-order valence-corrected chi connectivity index (χ2v) is 2.99. The fourth-order valence-corrected chi connectivity index (χ4v) is 1.09. The zero-order chi connectivity index (χ0) is 10.7. The van der Waals surface area contributed by atoms with Gasteiger partial charge >= 0.3 is 0 Å². The molecule has 0 radical (unpaired) electrons. The zero-order valence-electron chi connectivity index (χ0n) is 7.32. The van der Waals surface area contributed by atoms with Crippen LogP contribution in [-0.4, -0.2) is 22.9 Å². The fraction of sp³-hybridized carbons (Fsp3) is 0.333. The summed E-state index contributed by atoms with van der Waals surface area (Å²) in [4.78, 5) is 0. The molecule has 0 bridgehead atoms. The standard InChI is InChI=1S/C9H11F2NO2/c10-6-1-5(2-7(11)3-6)9(14)8(12)4-13/h1-3,8-9,13-14H,4,12H2. The van der Waals surface area contributed by atoms with Crippen molar-refractivity contribution in [1.29, 1.82) is 0 Å². The summed E-state index contributed by atoms with van der Waals surface area (Å²) >= 11 is 0. The largest absolute Gasteiger partial charge is 0.395 e. The minimum atomic E-state index is -1.27. The van der Waals surface area contributed by atoms with Gasteiger partial charge in [-0.1, -0.05) is 0 Å². The van der Waals surface area contributed by atoms with Gasteiger partial charge in [-0.15, -0.1) is 0 Å². The van der Waals surface area contributed by atoms with E-state index in [0.29, 0.717) is 6.07 Å². The average molecular weight is 203 g/mol. The van der Waals surface area contributed by atoms with Crippen LogP contribution in [0.15, 0.2) is 18.2 Å². The number of halogens is 2. The highest BCUT2D eigenvalue weighted by Gasteiger charge is 2.17. The summed E-state index contributed by atoms with van der Waals surface area (Å²) in [6.07, 6.45) is -1.27. The van der Waals surface area contributed by atoms with E-state index in [0.717, 1.165) is 12.1 Å². The van der Waals surface area contributed by atoms with Crippen LogP contribution in [-0.2, 0) is 0 Å². The molecule has 1 aromatic carbocycles. The Labute approximate surface area is 79.8 Å². The van der Waals surface area contributed by atoms with Gasteiger partial charge in [-0.05, 0) is 17.7 Å². The number of hydrogen-bond donors (Lipinski definition) is 3. The van der Waals surface area contributed by atoms with Gasteiger partial charge in [0.15, 0.2) is 0 Å². The topological polar surface area (TPSA) is 66.5 Å². The van der Waals surface area contributed by atoms with Gasteiger partial charge in [0.1, 0.15) is 11.6 Å². The van der Waals surface area contributed by atoms with Crippen LogP contribution < -0.4 is 5.73 Å². The molecular formula is C9H11F2NO2. The molecular weight excluding hydrogens is 192 g/mol. The number of hydrogen-bond acceptors (Lipinski definition) is 3. The summed E-state index contributed by atoms with van der Waals surface area (Å²) in [7, 11) is 0. The molecule has 0 saturated heterocycles. The lowest BCUT2D eigenvalue weighted by atomic mass is 10.0. The molecule has 14 heavy (non-hydrogen) atoms. The molecule has 0 fully saturated rings. The Morgan fingerprint density at radius 3 is 2.14 bits per heavy atom. The molecule has 2 atom stereocenters. The predicted octanol–water partition coefficient (Wildman–Crippen LogP) is 0.318. The van der Waals surface area contributed by atoms with Crippen molar-refractivity contribution in [3.63, 3.8) is 0 Å². The van der Waals surface area contributed by atoms with Gasteiger partial charge in [-0.25, -0.2) is 8.78 Å². The van der Waals surface area contributed by atoms with Gasteiger partial charge in [-0.3, -0.25) is 0 Å². The molecule has 5 heteroatoms. The first-order valence-electron chi connectivity index (χ1n) is 4.05. The van der Waals surface area contributed by atoms with Crippen molar-refractivity contribution in [2.75, 3.05) is 6.61 Å². The maximum Gasteiger partial charge on any atom is 0.126 e. The first kappa shape index (κ1) is 11.0. The minimum Gasteiger partial charge on any atom is -0.395 e. The Bertz CT molecular complexity index is 299. The summed E-state index contributed by atoms with van der Waals surface area (Å²) in [5, 5.41) is 18.1. The number of aliphatic hydroxyl groups is 2. The second-order valence-electron chi connectivity index (χ2n) is 2.99. The number of benzene rings is 1. The van der Waals surface area contributed by atoms with Crippen molar-refractivity contribution < 1.29 is 19.0 Å². The SMILES string of the molecule is NC(CO)C(O)c1cc(F)cc(F)c1. The number of aliphatic hydroxyl groups excluding tert-OH is 2. The van der Waals surface area contributed by atoms with Gasteiger partial charge in [0, 0.05) is 6.07 Å². The van der Waals surface area contributed by atoms with Gasteiger partial charge < -0.3 is 15.9 Å². The lowest BCUT2D eigenvalue weighted by Gasteiger charge is -2.16. The molecule has 78 valence electrons. The van der Waals surface area contributed by atoms with Crippen LogP contribution in [0.25, 0.3) is 0 Å². The lowest BCUT2D eigenvalue weighted by Crippen LogP contribution is -2.32. The number of nitrogens with two attached hydrogens (primary N) is 1. The molecule has 0 heterocycles. The van der Waals surface area contributed by atoms with E-state index in [2.05, 4.69) is 0 Å². The van der Waals surface area contributed by atoms with Crippen LogP contribution in [0, 0.1) is 11.6 Å². The van der Waals surface area contributed by atoms with Crippen LogP contribution >= 0.6 is 0 Å². The summed E-state index contributed by atoms with van der Waals surface area (Å²) in [6, 6.07) is 1.70. The van der Waals surface area contributed by atoms with Crippen molar-refractivity contribution in [2.45, 2.75) is 12.1 Å². The molecule has 4 N–H and O–H groups in total. The van der Waals surface area contributed by atoms with Gasteiger partial charge in [0.2, 0.25) is 0 Å². The first-order valence-corrected chi connectivity index (χ1v) is 4.05.